The summed E-state index contributed by atoms with van der Waals surface area (Å²) >= 11 is 0. The SMILES string of the molecule is CCCC1=C(C(=O)OCC)C(c2ccccc2S(=O)(=O)N2CCCCC2)NC(=O)N1. The van der Waals surface area contributed by atoms with Gasteiger partial charge in [-0.05, 0) is 37.8 Å². The van der Waals surface area contributed by atoms with E-state index in [0.717, 1.165) is 19.3 Å². The molecule has 0 radical (unpaired) electrons. The highest BCUT2D eigenvalue weighted by molar-refractivity contribution is 7.89. The molecular formula is C21H29N3O5S. The van der Waals surface area contributed by atoms with E-state index in [1.165, 1.54) is 10.4 Å². The Hall–Kier alpha value is -2.39. The van der Waals surface area contributed by atoms with Crippen LogP contribution in [0.1, 0.15) is 57.6 Å². The van der Waals surface area contributed by atoms with Gasteiger partial charge in [0.2, 0.25) is 10.0 Å². The van der Waals surface area contributed by atoms with Crippen LogP contribution in [0.15, 0.2) is 40.4 Å². The number of amides is 2. The third-order valence-electron chi connectivity index (χ3n) is 5.31. The standard InChI is InChI=1S/C21H29N3O5S/c1-3-10-16-18(20(25)29-4-2)19(23-21(26)22-16)15-11-6-7-12-17(15)30(27,28)24-13-8-5-9-14-24/h6-7,11-12,19H,3-5,8-10,13-14H2,1-2H3,(H2,22,23,26). The lowest BCUT2D eigenvalue weighted by molar-refractivity contribution is -0.139. The lowest BCUT2D eigenvalue weighted by Crippen LogP contribution is -2.46. The van der Waals surface area contributed by atoms with E-state index in [2.05, 4.69) is 10.6 Å². The summed E-state index contributed by atoms with van der Waals surface area (Å²) in [4.78, 5) is 25.3. The number of ether oxygens (including phenoxy) is 1. The molecule has 2 aliphatic heterocycles. The number of piperidine rings is 1. The monoisotopic (exact) mass is 435 g/mol. The summed E-state index contributed by atoms with van der Waals surface area (Å²) in [5.41, 5.74) is 1.09. The lowest BCUT2D eigenvalue weighted by Gasteiger charge is -2.32. The number of benzene rings is 1. The van der Waals surface area contributed by atoms with Crippen LogP contribution in [-0.2, 0) is 19.6 Å². The first kappa shape index (κ1) is 22.3. The molecule has 1 atom stereocenters. The van der Waals surface area contributed by atoms with Gasteiger partial charge in [-0.15, -0.1) is 0 Å². The Morgan fingerprint density at radius 2 is 1.87 bits per heavy atom. The number of carbonyl (C=O) groups is 2. The van der Waals surface area contributed by atoms with Gasteiger partial charge in [0.15, 0.2) is 0 Å². The van der Waals surface area contributed by atoms with Gasteiger partial charge < -0.3 is 15.4 Å². The predicted molar refractivity (Wildman–Crippen MR) is 112 cm³/mol. The Bertz CT molecular complexity index is 936. The molecule has 3 rings (SSSR count). The maximum absolute atomic E-state index is 13.4. The van der Waals surface area contributed by atoms with Crippen LogP contribution in [0.2, 0.25) is 0 Å². The Morgan fingerprint density at radius 1 is 1.17 bits per heavy atom. The van der Waals surface area contributed by atoms with Crippen LogP contribution in [0.4, 0.5) is 4.79 Å². The minimum atomic E-state index is -3.76. The zero-order valence-corrected chi connectivity index (χ0v) is 18.3. The molecule has 1 unspecified atom stereocenters. The third-order valence-corrected chi connectivity index (χ3v) is 7.28. The first-order valence-electron chi connectivity index (χ1n) is 10.5. The zero-order valence-electron chi connectivity index (χ0n) is 17.4. The summed E-state index contributed by atoms with van der Waals surface area (Å²) in [6, 6.07) is 5.17. The third kappa shape index (κ3) is 4.52. The number of nitrogens with zero attached hydrogens (tertiary/aromatic N) is 1. The fraction of sp³-hybridized carbons (Fsp3) is 0.524. The average Bonchev–Trinajstić information content (AvgIpc) is 2.74. The Morgan fingerprint density at radius 3 is 2.53 bits per heavy atom. The molecule has 2 heterocycles. The van der Waals surface area contributed by atoms with Gasteiger partial charge in [-0.3, -0.25) is 0 Å². The average molecular weight is 436 g/mol. The minimum absolute atomic E-state index is 0.108. The molecule has 0 saturated carbocycles. The molecule has 1 saturated heterocycles. The molecule has 2 aliphatic rings. The van der Waals surface area contributed by atoms with Gasteiger partial charge in [-0.1, -0.05) is 38.0 Å². The van der Waals surface area contributed by atoms with E-state index in [1.807, 2.05) is 6.92 Å². The van der Waals surface area contributed by atoms with E-state index in [0.29, 0.717) is 37.2 Å². The fourth-order valence-corrected chi connectivity index (χ4v) is 5.70. The summed E-state index contributed by atoms with van der Waals surface area (Å²) in [5, 5.41) is 5.43. The number of hydrogen-bond donors (Lipinski definition) is 2. The topological polar surface area (TPSA) is 105 Å². The molecule has 2 amide bonds. The highest BCUT2D eigenvalue weighted by Crippen LogP contribution is 2.34. The summed E-state index contributed by atoms with van der Waals surface area (Å²) < 4.78 is 33.5. The summed E-state index contributed by atoms with van der Waals surface area (Å²) in [5.74, 6) is -0.566. The van der Waals surface area contributed by atoms with E-state index < -0.39 is 28.1 Å². The van der Waals surface area contributed by atoms with Gasteiger partial charge in [0.1, 0.15) is 0 Å². The second-order valence-electron chi connectivity index (χ2n) is 7.40. The highest BCUT2D eigenvalue weighted by atomic mass is 32.2. The highest BCUT2D eigenvalue weighted by Gasteiger charge is 2.37. The Labute approximate surface area is 177 Å². The quantitative estimate of drug-likeness (QED) is 0.641. The van der Waals surface area contributed by atoms with Gasteiger partial charge in [-0.25, -0.2) is 18.0 Å². The van der Waals surface area contributed by atoms with Crippen molar-refractivity contribution in [3.8, 4) is 0 Å². The van der Waals surface area contributed by atoms with Crippen LogP contribution in [0.5, 0.6) is 0 Å². The van der Waals surface area contributed by atoms with Gasteiger partial charge >= 0.3 is 12.0 Å². The van der Waals surface area contributed by atoms with Crippen LogP contribution in [-0.4, -0.2) is 44.4 Å². The van der Waals surface area contributed by atoms with Crippen LogP contribution in [0, 0.1) is 0 Å². The molecule has 164 valence electrons. The number of rotatable bonds is 7. The van der Waals surface area contributed by atoms with Crippen LogP contribution >= 0.6 is 0 Å². The largest absolute Gasteiger partial charge is 0.463 e. The number of nitrogens with one attached hydrogen (secondary N) is 2. The molecule has 0 aliphatic carbocycles. The van der Waals surface area contributed by atoms with Crippen LogP contribution in [0.25, 0.3) is 0 Å². The molecular weight excluding hydrogens is 406 g/mol. The maximum Gasteiger partial charge on any atom is 0.338 e. The minimum Gasteiger partial charge on any atom is -0.463 e. The number of allylic oxidation sites excluding steroid dienone is 1. The maximum atomic E-state index is 13.4. The van der Waals surface area contributed by atoms with E-state index in [4.69, 9.17) is 4.74 Å². The molecule has 1 aromatic carbocycles. The molecule has 8 nitrogen and oxygen atoms in total. The summed E-state index contributed by atoms with van der Waals surface area (Å²) in [7, 11) is -3.76. The number of sulfonamides is 1. The molecule has 9 heteroatoms. The molecule has 0 spiro atoms. The van der Waals surface area contributed by atoms with Gasteiger partial charge in [-0.2, -0.15) is 4.31 Å². The van der Waals surface area contributed by atoms with Crippen molar-refractivity contribution >= 4 is 22.0 Å². The van der Waals surface area contributed by atoms with Crippen molar-refractivity contribution in [3.05, 3.63) is 41.1 Å². The summed E-state index contributed by atoms with van der Waals surface area (Å²) in [6.45, 7) is 4.76. The van der Waals surface area contributed by atoms with E-state index in [-0.39, 0.29) is 17.1 Å². The first-order valence-corrected chi connectivity index (χ1v) is 11.9. The van der Waals surface area contributed by atoms with E-state index >= 15 is 0 Å². The van der Waals surface area contributed by atoms with Gasteiger partial charge in [0.05, 0.1) is 23.1 Å². The van der Waals surface area contributed by atoms with Crippen molar-refractivity contribution in [1.82, 2.24) is 14.9 Å². The van der Waals surface area contributed by atoms with Gasteiger partial charge in [0.25, 0.3) is 0 Å². The molecule has 30 heavy (non-hydrogen) atoms. The molecule has 0 aromatic heterocycles. The molecule has 1 aromatic rings. The van der Waals surface area contributed by atoms with E-state index in [1.54, 1.807) is 25.1 Å². The number of esters is 1. The Balaban J connectivity index is 2.12. The summed E-state index contributed by atoms with van der Waals surface area (Å²) in [6.07, 6.45) is 3.83. The van der Waals surface area contributed by atoms with Crippen molar-refractivity contribution in [2.75, 3.05) is 19.7 Å². The zero-order chi connectivity index (χ0) is 21.7. The number of carbonyl (C=O) groups excluding carboxylic acids is 2. The second-order valence-corrected chi connectivity index (χ2v) is 9.30. The van der Waals surface area contributed by atoms with Crippen molar-refractivity contribution in [1.29, 1.82) is 0 Å². The van der Waals surface area contributed by atoms with E-state index in [9.17, 15) is 18.0 Å². The van der Waals surface area contributed by atoms with Gasteiger partial charge in [0, 0.05) is 18.8 Å². The van der Waals surface area contributed by atoms with Crippen molar-refractivity contribution in [3.63, 3.8) is 0 Å². The first-order chi connectivity index (χ1) is 14.4. The van der Waals surface area contributed by atoms with Crippen molar-refractivity contribution in [2.45, 2.75) is 56.9 Å². The number of hydrogen-bond acceptors (Lipinski definition) is 5. The molecule has 0 bridgehead atoms. The van der Waals surface area contributed by atoms with Crippen molar-refractivity contribution in [2.24, 2.45) is 0 Å². The fourth-order valence-electron chi connectivity index (χ4n) is 3.95. The predicted octanol–water partition coefficient (Wildman–Crippen LogP) is 2.83. The second kappa shape index (κ2) is 9.61. The number of urea groups is 1. The Kier molecular flexibility index (Phi) is 7.14. The van der Waals surface area contributed by atoms with Crippen molar-refractivity contribution < 1.29 is 22.7 Å². The molecule has 1 fully saturated rings. The normalized spacial score (nSPS) is 20.5. The molecule has 2 N–H and O–H groups in total. The van der Waals surface area contributed by atoms with Crippen LogP contribution in [0.3, 0.4) is 0 Å². The lowest BCUT2D eigenvalue weighted by atomic mass is 9.94. The van der Waals surface area contributed by atoms with Crippen LogP contribution < -0.4 is 10.6 Å². The smallest absolute Gasteiger partial charge is 0.338 e.